The van der Waals surface area contributed by atoms with E-state index in [1.54, 1.807) is 14.2 Å². The average molecular weight is 251 g/mol. The monoisotopic (exact) mass is 251 g/mol. The predicted octanol–water partition coefficient (Wildman–Crippen LogP) is 1.39. The Bertz CT molecular complexity index is 416. The molecular weight excluding hydrogens is 230 g/mol. The van der Waals surface area contributed by atoms with Gasteiger partial charge in [-0.3, -0.25) is 4.79 Å². The van der Waals surface area contributed by atoms with Crippen LogP contribution in [0.2, 0.25) is 0 Å². The predicted molar refractivity (Wildman–Crippen MR) is 70.8 cm³/mol. The average Bonchev–Trinajstić information content (AvgIpc) is 2.35. The first-order valence-electron chi connectivity index (χ1n) is 6.02. The number of amides is 1. The molecule has 0 saturated carbocycles. The van der Waals surface area contributed by atoms with Gasteiger partial charge >= 0.3 is 0 Å². The number of carbonyl (C=O) groups excluding carboxylic acids is 1. The molecule has 1 amide bonds. The highest BCUT2D eigenvalue weighted by Crippen LogP contribution is 2.20. The molecule has 0 aliphatic rings. The smallest absolute Gasteiger partial charge is 0.250 e. The minimum Gasteiger partial charge on any atom is -0.496 e. The van der Waals surface area contributed by atoms with Crippen LogP contribution in [0.5, 0.6) is 5.75 Å². The second-order valence-electron chi connectivity index (χ2n) is 4.50. The van der Waals surface area contributed by atoms with Gasteiger partial charge in [0, 0.05) is 13.6 Å². The SMILES string of the molecule is COc1ccc(C)cc1CCN(C)C(=O)C(C)O. The topological polar surface area (TPSA) is 49.8 Å². The number of benzene rings is 1. The van der Waals surface area contributed by atoms with Crippen LogP contribution in [0, 0.1) is 6.92 Å². The van der Waals surface area contributed by atoms with Gasteiger partial charge in [0.15, 0.2) is 0 Å². The summed E-state index contributed by atoms with van der Waals surface area (Å²) in [4.78, 5) is 13.1. The number of hydrogen-bond donors (Lipinski definition) is 1. The Morgan fingerprint density at radius 3 is 2.72 bits per heavy atom. The fraction of sp³-hybridized carbons (Fsp3) is 0.500. The van der Waals surface area contributed by atoms with Gasteiger partial charge in [0.05, 0.1) is 7.11 Å². The summed E-state index contributed by atoms with van der Waals surface area (Å²) in [6, 6.07) is 5.98. The summed E-state index contributed by atoms with van der Waals surface area (Å²) in [7, 11) is 3.33. The molecular formula is C14H21NO3. The van der Waals surface area contributed by atoms with Gasteiger partial charge in [-0.15, -0.1) is 0 Å². The minimum atomic E-state index is -0.950. The molecule has 1 atom stereocenters. The molecule has 0 aliphatic carbocycles. The summed E-state index contributed by atoms with van der Waals surface area (Å²) in [5, 5.41) is 9.22. The lowest BCUT2D eigenvalue weighted by Gasteiger charge is -2.19. The number of aliphatic hydroxyl groups excluding tert-OH is 1. The first-order valence-corrected chi connectivity index (χ1v) is 6.02. The Hall–Kier alpha value is -1.55. The van der Waals surface area contributed by atoms with Crippen molar-refractivity contribution in [3.63, 3.8) is 0 Å². The Kier molecular flexibility index (Phi) is 5.16. The Balaban J connectivity index is 2.68. The van der Waals surface area contributed by atoms with E-state index in [0.29, 0.717) is 13.0 Å². The van der Waals surface area contributed by atoms with E-state index in [-0.39, 0.29) is 5.91 Å². The van der Waals surface area contributed by atoms with E-state index >= 15 is 0 Å². The van der Waals surface area contributed by atoms with Crippen LogP contribution in [-0.4, -0.2) is 42.7 Å². The van der Waals surface area contributed by atoms with Crippen LogP contribution >= 0.6 is 0 Å². The molecule has 0 spiro atoms. The van der Waals surface area contributed by atoms with E-state index in [4.69, 9.17) is 4.74 Å². The molecule has 1 unspecified atom stereocenters. The number of rotatable bonds is 5. The normalized spacial score (nSPS) is 12.1. The molecule has 1 aromatic carbocycles. The lowest BCUT2D eigenvalue weighted by atomic mass is 10.1. The Labute approximate surface area is 108 Å². The lowest BCUT2D eigenvalue weighted by Crippen LogP contribution is -2.36. The summed E-state index contributed by atoms with van der Waals surface area (Å²) < 4.78 is 5.29. The van der Waals surface area contributed by atoms with E-state index in [1.165, 1.54) is 11.8 Å². The quantitative estimate of drug-likeness (QED) is 0.860. The van der Waals surface area contributed by atoms with Crippen molar-refractivity contribution < 1.29 is 14.6 Å². The maximum Gasteiger partial charge on any atom is 0.250 e. The van der Waals surface area contributed by atoms with Crippen molar-refractivity contribution in [3.8, 4) is 5.75 Å². The van der Waals surface area contributed by atoms with Gasteiger partial charge in [0.2, 0.25) is 0 Å². The summed E-state index contributed by atoms with van der Waals surface area (Å²) >= 11 is 0. The van der Waals surface area contributed by atoms with Crippen LogP contribution in [0.1, 0.15) is 18.1 Å². The van der Waals surface area contributed by atoms with Crippen LogP contribution in [-0.2, 0) is 11.2 Å². The highest BCUT2D eigenvalue weighted by Gasteiger charge is 2.14. The molecule has 0 aromatic heterocycles. The number of likely N-dealkylation sites (N-methyl/N-ethyl adjacent to an activating group) is 1. The van der Waals surface area contributed by atoms with Crippen molar-refractivity contribution >= 4 is 5.91 Å². The minimum absolute atomic E-state index is 0.262. The standard InChI is InChI=1S/C14H21NO3/c1-10-5-6-13(18-4)12(9-10)7-8-15(3)14(17)11(2)16/h5-6,9,11,16H,7-8H2,1-4H3. The van der Waals surface area contributed by atoms with Gasteiger partial charge in [0.25, 0.3) is 5.91 Å². The molecule has 18 heavy (non-hydrogen) atoms. The summed E-state index contributed by atoms with van der Waals surface area (Å²) in [5.74, 6) is 0.570. The maximum absolute atomic E-state index is 11.5. The van der Waals surface area contributed by atoms with E-state index in [9.17, 15) is 9.90 Å². The molecule has 4 heteroatoms. The van der Waals surface area contributed by atoms with Gasteiger partial charge in [-0.25, -0.2) is 0 Å². The highest BCUT2D eigenvalue weighted by molar-refractivity contribution is 5.79. The van der Waals surface area contributed by atoms with Crippen LogP contribution in [0.3, 0.4) is 0 Å². The van der Waals surface area contributed by atoms with E-state index in [2.05, 4.69) is 6.07 Å². The largest absolute Gasteiger partial charge is 0.496 e. The van der Waals surface area contributed by atoms with Gasteiger partial charge in [0.1, 0.15) is 11.9 Å². The Morgan fingerprint density at radius 2 is 2.17 bits per heavy atom. The molecule has 100 valence electrons. The molecule has 0 radical (unpaired) electrons. The first-order chi connectivity index (χ1) is 8.45. The zero-order chi connectivity index (χ0) is 13.7. The molecule has 0 aliphatic heterocycles. The Morgan fingerprint density at radius 1 is 1.50 bits per heavy atom. The zero-order valence-electron chi connectivity index (χ0n) is 11.4. The van der Waals surface area contributed by atoms with Crippen LogP contribution in [0.25, 0.3) is 0 Å². The summed E-state index contributed by atoms with van der Waals surface area (Å²) in [6.07, 6.45) is -0.241. The molecule has 4 nitrogen and oxygen atoms in total. The van der Waals surface area contributed by atoms with E-state index in [1.807, 2.05) is 19.1 Å². The third-order valence-electron chi connectivity index (χ3n) is 2.89. The number of aliphatic hydroxyl groups is 1. The van der Waals surface area contributed by atoms with Crippen molar-refractivity contribution in [2.45, 2.75) is 26.4 Å². The second-order valence-corrected chi connectivity index (χ2v) is 4.50. The third kappa shape index (κ3) is 3.74. The number of nitrogens with zero attached hydrogens (tertiary/aromatic N) is 1. The van der Waals surface area contributed by atoms with E-state index in [0.717, 1.165) is 16.9 Å². The molecule has 0 bridgehead atoms. The van der Waals surface area contributed by atoms with E-state index < -0.39 is 6.10 Å². The molecule has 0 fully saturated rings. The number of methoxy groups -OCH3 is 1. The summed E-state index contributed by atoms with van der Waals surface area (Å²) in [5.41, 5.74) is 2.23. The van der Waals surface area contributed by atoms with Crippen molar-refractivity contribution in [3.05, 3.63) is 29.3 Å². The second kappa shape index (κ2) is 6.40. The van der Waals surface area contributed by atoms with Gasteiger partial charge < -0.3 is 14.7 Å². The number of hydrogen-bond acceptors (Lipinski definition) is 3. The fourth-order valence-corrected chi connectivity index (χ4v) is 1.82. The van der Waals surface area contributed by atoms with Crippen molar-refractivity contribution in [2.24, 2.45) is 0 Å². The van der Waals surface area contributed by atoms with Crippen molar-refractivity contribution in [1.29, 1.82) is 0 Å². The number of ether oxygens (including phenoxy) is 1. The molecule has 1 aromatic rings. The van der Waals surface area contributed by atoms with Crippen LogP contribution in [0.4, 0.5) is 0 Å². The van der Waals surface area contributed by atoms with Gasteiger partial charge in [-0.1, -0.05) is 17.7 Å². The molecule has 0 saturated heterocycles. The first kappa shape index (κ1) is 14.5. The lowest BCUT2D eigenvalue weighted by molar-refractivity contribution is -0.137. The molecule has 1 rings (SSSR count). The fourth-order valence-electron chi connectivity index (χ4n) is 1.82. The zero-order valence-corrected chi connectivity index (χ0v) is 11.4. The van der Waals surface area contributed by atoms with Gasteiger partial charge in [-0.2, -0.15) is 0 Å². The van der Waals surface area contributed by atoms with Crippen molar-refractivity contribution in [1.82, 2.24) is 4.90 Å². The van der Waals surface area contributed by atoms with Gasteiger partial charge in [-0.05, 0) is 31.9 Å². The number of carbonyl (C=O) groups is 1. The molecule has 1 N–H and O–H groups in total. The van der Waals surface area contributed by atoms with Crippen LogP contribution < -0.4 is 4.74 Å². The summed E-state index contributed by atoms with van der Waals surface area (Å²) in [6.45, 7) is 4.06. The maximum atomic E-state index is 11.5. The van der Waals surface area contributed by atoms with Crippen molar-refractivity contribution in [2.75, 3.05) is 20.7 Å². The van der Waals surface area contributed by atoms with Crippen LogP contribution in [0.15, 0.2) is 18.2 Å². The molecule has 0 heterocycles. The highest BCUT2D eigenvalue weighted by atomic mass is 16.5. The third-order valence-corrected chi connectivity index (χ3v) is 2.89. The number of aryl methyl sites for hydroxylation is 1.